The summed E-state index contributed by atoms with van der Waals surface area (Å²) in [7, 11) is 1.88. The Kier molecular flexibility index (Phi) is 4.82. The Morgan fingerprint density at radius 2 is 2.11 bits per heavy atom. The Hall–Kier alpha value is -0.820. The molecule has 0 fully saturated rings. The second kappa shape index (κ2) is 6.38. The Labute approximate surface area is 125 Å². The van der Waals surface area contributed by atoms with Gasteiger partial charge in [0.15, 0.2) is 0 Å². The molecule has 0 aliphatic rings. The fourth-order valence-electron chi connectivity index (χ4n) is 1.51. The van der Waals surface area contributed by atoms with Gasteiger partial charge >= 0.3 is 0 Å². The number of nitrogens with zero attached hydrogens (tertiary/aromatic N) is 2. The number of nitrogens with one attached hydrogen (secondary N) is 1. The number of hydrogen-bond donors (Lipinski definition) is 1. The number of thioether (sulfide) groups is 1. The van der Waals surface area contributed by atoms with Crippen molar-refractivity contribution in [2.45, 2.75) is 17.6 Å². The van der Waals surface area contributed by atoms with Gasteiger partial charge in [0, 0.05) is 18.1 Å². The van der Waals surface area contributed by atoms with Crippen molar-refractivity contribution in [3.8, 4) is 0 Å². The highest BCUT2D eigenvalue weighted by atomic mass is 127. The predicted octanol–water partition coefficient (Wildman–Crippen LogP) is 3.72. The van der Waals surface area contributed by atoms with Gasteiger partial charge in [0.1, 0.15) is 11.6 Å². The SMILES string of the molecule is CNc1nc(CSc2ccccc2C)ncc1I. The summed E-state index contributed by atoms with van der Waals surface area (Å²) < 4.78 is 1.04. The Bertz CT molecular complexity index is 546. The third-order valence-electron chi connectivity index (χ3n) is 2.48. The highest BCUT2D eigenvalue weighted by molar-refractivity contribution is 14.1. The minimum atomic E-state index is 0.788. The molecule has 0 saturated carbocycles. The molecular weight excluding hydrogens is 357 g/mol. The summed E-state index contributed by atoms with van der Waals surface area (Å²) in [6.07, 6.45) is 1.85. The first kappa shape index (κ1) is 13.6. The summed E-state index contributed by atoms with van der Waals surface area (Å²) >= 11 is 4.00. The van der Waals surface area contributed by atoms with Crippen LogP contribution < -0.4 is 5.32 Å². The summed E-state index contributed by atoms with van der Waals surface area (Å²) in [5.74, 6) is 2.54. The maximum absolute atomic E-state index is 4.48. The normalized spacial score (nSPS) is 10.4. The Morgan fingerprint density at radius 1 is 1.33 bits per heavy atom. The maximum atomic E-state index is 4.48. The fourth-order valence-corrected chi connectivity index (χ4v) is 2.93. The van der Waals surface area contributed by atoms with Gasteiger partial charge in [-0.15, -0.1) is 11.8 Å². The van der Waals surface area contributed by atoms with Crippen LogP contribution in [0.2, 0.25) is 0 Å². The Balaban J connectivity index is 2.09. The van der Waals surface area contributed by atoms with E-state index < -0.39 is 0 Å². The predicted molar refractivity (Wildman–Crippen MR) is 85.0 cm³/mol. The van der Waals surface area contributed by atoms with Crippen molar-refractivity contribution < 1.29 is 0 Å². The van der Waals surface area contributed by atoms with Crippen LogP contribution in [-0.2, 0) is 5.75 Å². The smallest absolute Gasteiger partial charge is 0.142 e. The molecule has 0 atom stereocenters. The number of aromatic nitrogens is 2. The lowest BCUT2D eigenvalue weighted by Crippen LogP contribution is -2.01. The van der Waals surface area contributed by atoms with Gasteiger partial charge in [0.2, 0.25) is 0 Å². The van der Waals surface area contributed by atoms with Crippen molar-refractivity contribution in [3.05, 3.63) is 45.4 Å². The van der Waals surface area contributed by atoms with Crippen molar-refractivity contribution >= 4 is 40.2 Å². The minimum Gasteiger partial charge on any atom is -0.372 e. The van der Waals surface area contributed by atoms with E-state index in [1.807, 2.05) is 13.2 Å². The molecule has 2 rings (SSSR count). The molecule has 1 heterocycles. The lowest BCUT2D eigenvalue weighted by molar-refractivity contribution is 1.02. The standard InChI is InChI=1S/C13H14IN3S/c1-9-5-3-4-6-11(9)18-8-12-16-7-10(14)13(15-2)17-12/h3-7H,8H2,1-2H3,(H,15,16,17). The first-order chi connectivity index (χ1) is 8.70. The molecule has 1 aromatic heterocycles. The van der Waals surface area contributed by atoms with Crippen LogP contribution in [-0.4, -0.2) is 17.0 Å². The number of halogens is 1. The average molecular weight is 371 g/mol. The minimum absolute atomic E-state index is 0.788. The van der Waals surface area contributed by atoms with Gasteiger partial charge in [0.05, 0.1) is 9.32 Å². The Morgan fingerprint density at radius 3 is 2.83 bits per heavy atom. The highest BCUT2D eigenvalue weighted by Gasteiger charge is 2.05. The number of rotatable bonds is 4. The molecule has 0 amide bonds. The topological polar surface area (TPSA) is 37.8 Å². The van der Waals surface area contributed by atoms with Crippen LogP contribution in [0.3, 0.4) is 0 Å². The zero-order valence-corrected chi connectivity index (χ0v) is 13.2. The van der Waals surface area contributed by atoms with Crippen LogP contribution in [0.1, 0.15) is 11.4 Å². The molecule has 0 bridgehead atoms. The molecule has 0 unspecified atom stereocenters. The molecule has 5 heteroatoms. The summed E-state index contributed by atoms with van der Waals surface area (Å²) in [5.41, 5.74) is 1.29. The number of hydrogen-bond acceptors (Lipinski definition) is 4. The molecule has 18 heavy (non-hydrogen) atoms. The molecule has 0 spiro atoms. The quantitative estimate of drug-likeness (QED) is 0.657. The van der Waals surface area contributed by atoms with Crippen molar-refractivity contribution in [2.24, 2.45) is 0 Å². The molecule has 0 aliphatic heterocycles. The summed E-state index contributed by atoms with van der Waals surface area (Å²) in [4.78, 5) is 10.1. The van der Waals surface area contributed by atoms with Crippen LogP contribution in [0.15, 0.2) is 35.4 Å². The molecule has 0 aliphatic carbocycles. The second-order valence-electron chi connectivity index (χ2n) is 3.79. The van der Waals surface area contributed by atoms with E-state index in [2.05, 4.69) is 69.1 Å². The van der Waals surface area contributed by atoms with Crippen LogP contribution in [0, 0.1) is 10.5 Å². The molecule has 0 saturated heterocycles. The van der Waals surface area contributed by atoms with E-state index in [4.69, 9.17) is 0 Å². The number of benzene rings is 1. The van der Waals surface area contributed by atoms with Gasteiger partial charge in [-0.1, -0.05) is 18.2 Å². The molecule has 94 valence electrons. The van der Waals surface area contributed by atoms with E-state index in [1.165, 1.54) is 10.5 Å². The number of anilines is 1. The zero-order chi connectivity index (χ0) is 13.0. The average Bonchev–Trinajstić information content (AvgIpc) is 2.39. The van der Waals surface area contributed by atoms with Crippen molar-refractivity contribution in [1.82, 2.24) is 9.97 Å². The molecule has 3 nitrogen and oxygen atoms in total. The highest BCUT2D eigenvalue weighted by Crippen LogP contribution is 2.25. The first-order valence-electron chi connectivity index (χ1n) is 5.58. The van der Waals surface area contributed by atoms with E-state index in [9.17, 15) is 0 Å². The van der Waals surface area contributed by atoms with Gasteiger partial charge < -0.3 is 5.32 Å². The van der Waals surface area contributed by atoms with E-state index in [0.717, 1.165) is 21.0 Å². The van der Waals surface area contributed by atoms with Crippen molar-refractivity contribution in [2.75, 3.05) is 12.4 Å². The van der Waals surface area contributed by atoms with E-state index in [-0.39, 0.29) is 0 Å². The molecule has 2 aromatic rings. The second-order valence-corrected chi connectivity index (χ2v) is 5.97. The van der Waals surface area contributed by atoms with Gasteiger partial charge in [-0.25, -0.2) is 9.97 Å². The van der Waals surface area contributed by atoms with Crippen molar-refractivity contribution in [3.63, 3.8) is 0 Å². The third kappa shape index (κ3) is 3.35. The van der Waals surface area contributed by atoms with E-state index >= 15 is 0 Å². The lowest BCUT2D eigenvalue weighted by Gasteiger charge is -2.06. The summed E-state index contributed by atoms with van der Waals surface area (Å²) in [6.45, 7) is 2.12. The van der Waals surface area contributed by atoms with Gasteiger partial charge in [-0.05, 0) is 41.1 Å². The maximum Gasteiger partial charge on any atom is 0.142 e. The monoisotopic (exact) mass is 371 g/mol. The van der Waals surface area contributed by atoms with Crippen LogP contribution in [0.4, 0.5) is 5.82 Å². The first-order valence-corrected chi connectivity index (χ1v) is 7.64. The van der Waals surface area contributed by atoms with Crippen LogP contribution in [0.5, 0.6) is 0 Å². The molecule has 0 radical (unpaired) electrons. The molecule has 1 N–H and O–H groups in total. The summed E-state index contributed by atoms with van der Waals surface area (Å²) in [6, 6.07) is 8.37. The largest absolute Gasteiger partial charge is 0.372 e. The third-order valence-corrected chi connectivity index (χ3v) is 4.44. The molecule has 1 aromatic carbocycles. The number of aryl methyl sites for hydroxylation is 1. The van der Waals surface area contributed by atoms with E-state index in [0.29, 0.717) is 0 Å². The van der Waals surface area contributed by atoms with Gasteiger partial charge in [0.25, 0.3) is 0 Å². The van der Waals surface area contributed by atoms with Gasteiger partial charge in [-0.2, -0.15) is 0 Å². The van der Waals surface area contributed by atoms with E-state index in [1.54, 1.807) is 11.8 Å². The van der Waals surface area contributed by atoms with Crippen LogP contribution >= 0.6 is 34.4 Å². The lowest BCUT2D eigenvalue weighted by atomic mass is 10.2. The zero-order valence-electron chi connectivity index (χ0n) is 10.3. The fraction of sp³-hybridized carbons (Fsp3) is 0.231. The molecular formula is C13H14IN3S. The van der Waals surface area contributed by atoms with Gasteiger partial charge in [-0.3, -0.25) is 0 Å². The van der Waals surface area contributed by atoms with Crippen molar-refractivity contribution in [1.29, 1.82) is 0 Å². The van der Waals surface area contributed by atoms with Crippen LogP contribution in [0.25, 0.3) is 0 Å². The summed E-state index contributed by atoms with van der Waals surface area (Å²) in [5, 5.41) is 3.08.